The number of nitrogens with zero attached hydrogens (tertiary/aromatic N) is 2. The molecule has 2 aromatic heterocycles. The van der Waals surface area contributed by atoms with Crippen LogP contribution in [-0.2, 0) is 28.9 Å². The molecule has 1 saturated heterocycles. The Morgan fingerprint density at radius 1 is 1.41 bits per heavy atom. The van der Waals surface area contributed by atoms with E-state index in [2.05, 4.69) is 6.92 Å². The summed E-state index contributed by atoms with van der Waals surface area (Å²) in [4.78, 5) is 42.9. The van der Waals surface area contributed by atoms with Gasteiger partial charge in [-0.15, -0.1) is 11.3 Å². The van der Waals surface area contributed by atoms with E-state index in [0.717, 1.165) is 59.6 Å². The van der Waals surface area contributed by atoms with Crippen molar-refractivity contribution in [2.45, 2.75) is 56.8 Å². The highest BCUT2D eigenvalue weighted by Gasteiger charge is 2.26. The second-order valence-corrected chi connectivity index (χ2v) is 9.70. The zero-order valence-corrected chi connectivity index (χ0v) is 17.9. The minimum Gasteiger partial charge on any atom is -0.376 e. The average molecular weight is 437 g/mol. The number of fused-ring (bicyclic) bond motifs is 3. The van der Waals surface area contributed by atoms with Gasteiger partial charge < -0.3 is 10.5 Å². The molecule has 10 heteroatoms. The zero-order valence-electron chi connectivity index (χ0n) is 16.2. The minimum atomic E-state index is -0.893. The zero-order chi connectivity index (χ0) is 20.5. The Bertz CT molecular complexity index is 1010. The van der Waals surface area contributed by atoms with Crippen molar-refractivity contribution in [1.82, 2.24) is 14.9 Å². The third-order valence-electron chi connectivity index (χ3n) is 5.39. The maximum Gasteiger partial charge on any atom is 0.318 e. The Kier molecular flexibility index (Phi) is 5.93. The summed E-state index contributed by atoms with van der Waals surface area (Å²) in [5.41, 5.74) is 6.08. The number of hydrogen-bond acceptors (Lipinski definition) is 7. The smallest absolute Gasteiger partial charge is 0.318 e. The van der Waals surface area contributed by atoms with E-state index in [1.165, 1.54) is 4.88 Å². The summed E-state index contributed by atoms with van der Waals surface area (Å²) < 4.78 is 7.38. The van der Waals surface area contributed by atoms with Crippen molar-refractivity contribution in [3.8, 4) is 0 Å². The number of rotatable bonds is 5. The molecule has 2 atom stereocenters. The average Bonchev–Trinajstić information content (AvgIpc) is 3.28. The maximum atomic E-state index is 13.5. The van der Waals surface area contributed by atoms with Crippen molar-refractivity contribution in [3.63, 3.8) is 0 Å². The van der Waals surface area contributed by atoms with Gasteiger partial charge in [0.1, 0.15) is 4.83 Å². The van der Waals surface area contributed by atoms with E-state index in [4.69, 9.17) is 15.5 Å². The molecule has 3 amide bonds. The van der Waals surface area contributed by atoms with Crippen molar-refractivity contribution in [2.24, 2.45) is 11.7 Å². The number of carbonyl (C=O) groups excluding carboxylic acids is 2. The second-order valence-electron chi connectivity index (χ2n) is 7.68. The number of aryl methyl sites for hydroxylation is 1. The normalized spacial score (nSPS) is 21.3. The predicted octanol–water partition coefficient (Wildman–Crippen LogP) is 2.05. The Labute approximate surface area is 176 Å². The highest BCUT2D eigenvalue weighted by Crippen LogP contribution is 2.36. The predicted molar refractivity (Wildman–Crippen MR) is 112 cm³/mol. The van der Waals surface area contributed by atoms with Crippen LogP contribution >= 0.6 is 23.1 Å². The fraction of sp³-hybridized carbons (Fsp3) is 0.579. The van der Waals surface area contributed by atoms with Crippen LogP contribution in [-0.4, -0.2) is 40.0 Å². The van der Waals surface area contributed by atoms with E-state index in [1.54, 1.807) is 15.9 Å². The number of ether oxygens (including phenoxy) is 1. The van der Waals surface area contributed by atoms with E-state index in [0.29, 0.717) is 24.2 Å². The molecular formula is C19H24N4O4S2. The molecule has 4 rings (SSSR count). The number of urea groups is 1. The third-order valence-corrected chi connectivity index (χ3v) is 7.51. The van der Waals surface area contributed by atoms with Gasteiger partial charge >= 0.3 is 6.03 Å². The number of carbonyl (C=O) groups is 2. The van der Waals surface area contributed by atoms with Gasteiger partial charge in [0.05, 0.1) is 23.8 Å². The highest BCUT2D eigenvalue weighted by atomic mass is 32.2. The standard InChI is InChI=1S/C19H24N4O4S2/c1-10-4-5-12-13(7-10)29-16-15(12)17(25)23(8-11-3-2-6-27-11)19(22-16)28-9-14(24)21-18(20)26/h10-11H,2-9H2,1H3,(H3,20,21,24,26). The first-order valence-electron chi connectivity index (χ1n) is 9.81. The number of aromatic nitrogens is 2. The molecule has 29 heavy (non-hydrogen) atoms. The summed E-state index contributed by atoms with van der Waals surface area (Å²) in [6.45, 7) is 3.35. The number of hydrogen-bond donors (Lipinski definition) is 2. The molecule has 0 aromatic carbocycles. The lowest BCUT2D eigenvalue weighted by Gasteiger charge is -2.18. The largest absolute Gasteiger partial charge is 0.376 e. The summed E-state index contributed by atoms with van der Waals surface area (Å²) in [5, 5.41) is 3.24. The van der Waals surface area contributed by atoms with Gasteiger partial charge in [0.15, 0.2) is 5.16 Å². The monoisotopic (exact) mass is 436 g/mol. The van der Waals surface area contributed by atoms with E-state index < -0.39 is 11.9 Å². The molecule has 0 saturated carbocycles. The SMILES string of the molecule is CC1CCc2c(sc3nc(SCC(=O)NC(N)=O)n(CC4CCCO4)c(=O)c23)C1. The first-order chi connectivity index (χ1) is 13.9. The summed E-state index contributed by atoms with van der Waals surface area (Å²) in [5.74, 6) is 0.0463. The lowest BCUT2D eigenvalue weighted by atomic mass is 9.89. The van der Waals surface area contributed by atoms with Crippen LogP contribution in [0, 0.1) is 5.92 Å². The summed E-state index contributed by atoms with van der Waals surface area (Å²) in [7, 11) is 0. The van der Waals surface area contributed by atoms with Crippen molar-refractivity contribution < 1.29 is 14.3 Å². The number of imide groups is 1. The lowest BCUT2D eigenvalue weighted by molar-refractivity contribution is -0.117. The third kappa shape index (κ3) is 4.34. The van der Waals surface area contributed by atoms with Crippen molar-refractivity contribution in [2.75, 3.05) is 12.4 Å². The number of amides is 3. The van der Waals surface area contributed by atoms with Crippen LogP contribution in [0.2, 0.25) is 0 Å². The maximum absolute atomic E-state index is 13.5. The number of nitrogens with one attached hydrogen (secondary N) is 1. The number of thioether (sulfide) groups is 1. The summed E-state index contributed by atoms with van der Waals surface area (Å²) >= 11 is 2.72. The van der Waals surface area contributed by atoms with Crippen LogP contribution in [0.5, 0.6) is 0 Å². The molecular weight excluding hydrogens is 412 g/mol. The summed E-state index contributed by atoms with van der Waals surface area (Å²) in [6.07, 6.45) is 4.81. The van der Waals surface area contributed by atoms with Gasteiger partial charge in [-0.25, -0.2) is 9.78 Å². The fourth-order valence-electron chi connectivity index (χ4n) is 3.97. The van der Waals surface area contributed by atoms with Crippen molar-refractivity contribution in [1.29, 1.82) is 0 Å². The Morgan fingerprint density at radius 2 is 2.24 bits per heavy atom. The molecule has 156 valence electrons. The first-order valence-corrected chi connectivity index (χ1v) is 11.6. The van der Waals surface area contributed by atoms with Crippen LogP contribution in [0.3, 0.4) is 0 Å². The van der Waals surface area contributed by atoms with E-state index in [9.17, 15) is 14.4 Å². The minimum absolute atomic E-state index is 0.0276. The Balaban J connectivity index is 1.72. The van der Waals surface area contributed by atoms with Gasteiger partial charge in [-0.2, -0.15) is 0 Å². The molecule has 0 radical (unpaired) electrons. The lowest BCUT2D eigenvalue weighted by Crippen LogP contribution is -2.36. The second kappa shape index (κ2) is 8.45. The van der Waals surface area contributed by atoms with Crippen LogP contribution in [0.4, 0.5) is 4.79 Å². The number of thiophene rings is 1. The van der Waals surface area contributed by atoms with Crippen molar-refractivity contribution >= 4 is 45.3 Å². The topological polar surface area (TPSA) is 116 Å². The summed E-state index contributed by atoms with van der Waals surface area (Å²) in [6, 6.07) is -0.893. The van der Waals surface area contributed by atoms with Gasteiger partial charge in [-0.1, -0.05) is 18.7 Å². The highest BCUT2D eigenvalue weighted by molar-refractivity contribution is 7.99. The van der Waals surface area contributed by atoms with Gasteiger partial charge in [-0.3, -0.25) is 19.5 Å². The molecule has 3 N–H and O–H groups in total. The molecule has 8 nitrogen and oxygen atoms in total. The van der Waals surface area contributed by atoms with Crippen LogP contribution in [0.25, 0.3) is 10.2 Å². The molecule has 2 unspecified atom stereocenters. The van der Waals surface area contributed by atoms with Crippen LogP contribution in [0.1, 0.15) is 36.6 Å². The van der Waals surface area contributed by atoms with E-state index in [-0.39, 0.29) is 17.4 Å². The van der Waals surface area contributed by atoms with Crippen molar-refractivity contribution in [3.05, 3.63) is 20.8 Å². The van der Waals surface area contributed by atoms with Crippen LogP contribution < -0.4 is 16.6 Å². The molecule has 1 fully saturated rings. The molecule has 2 aromatic rings. The van der Waals surface area contributed by atoms with Gasteiger partial charge in [0.25, 0.3) is 5.56 Å². The molecule has 1 aliphatic heterocycles. The Morgan fingerprint density at radius 3 is 2.97 bits per heavy atom. The van der Waals surface area contributed by atoms with Gasteiger partial charge in [0, 0.05) is 11.5 Å². The molecule has 0 spiro atoms. The molecule has 0 bridgehead atoms. The van der Waals surface area contributed by atoms with Gasteiger partial charge in [0.2, 0.25) is 5.91 Å². The van der Waals surface area contributed by atoms with E-state index >= 15 is 0 Å². The molecule has 3 heterocycles. The first kappa shape index (κ1) is 20.4. The van der Waals surface area contributed by atoms with Crippen LogP contribution in [0.15, 0.2) is 9.95 Å². The number of primary amides is 1. The number of nitrogens with two attached hydrogens (primary N) is 1. The van der Waals surface area contributed by atoms with Gasteiger partial charge in [-0.05, 0) is 43.6 Å². The quantitative estimate of drug-likeness (QED) is 0.547. The molecule has 1 aliphatic carbocycles. The van der Waals surface area contributed by atoms with E-state index in [1.807, 2.05) is 5.32 Å². The fourth-order valence-corrected chi connectivity index (χ4v) is 6.20. The Hall–Kier alpha value is -1.91. The molecule has 2 aliphatic rings.